The lowest BCUT2D eigenvalue weighted by Gasteiger charge is -2.21. The lowest BCUT2D eigenvalue weighted by atomic mass is 9.83. The molecule has 158 valence electrons. The minimum absolute atomic E-state index is 0.166. The summed E-state index contributed by atoms with van der Waals surface area (Å²) < 4.78 is 5.66. The van der Waals surface area contributed by atoms with Gasteiger partial charge in [0.25, 0.3) is 0 Å². The second kappa shape index (κ2) is 8.70. The number of nitrogens with zero attached hydrogens (tertiary/aromatic N) is 2. The number of guanidine groups is 1. The van der Waals surface area contributed by atoms with Crippen molar-refractivity contribution in [3.05, 3.63) is 58.1 Å². The number of aliphatic imine (C=N–C) groups is 2. The van der Waals surface area contributed by atoms with Gasteiger partial charge in [-0.1, -0.05) is 25.5 Å². The minimum atomic E-state index is -0.369. The molecule has 2 aliphatic rings. The highest BCUT2D eigenvalue weighted by atomic mass is 16.5. The number of benzene rings is 1. The third-order valence-corrected chi connectivity index (χ3v) is 5.28. The van der Waals surface area contributed by atoms with E-state index >= 15 is 0 Å². The SMILES string of the molecule is [B]C1=NC(CCC)c2ccc(C)c(CC(N/C(N)=N/C(=C)OC(C)(C)C)=C3CC3)c21. The molecule has 1 atom stereocenters. The zero-order valence-electron chi connectivity index (χ0n) is 18.9. The van der Waals surface area contributed by atoms with Gasteiger partial charge in [0.2, 0.25) is 11.8 Å². The van der Waals surface area contributed by atoms with Crippen molar-refractivity contribution >= 4 is 19.4 Å². The van der Waals surface area contributed by atoms with Crippen LogP contribution in [0.2, 0.25) is 0 Å². The highest BCUT2D eigenvalue weighted by Crippen LogP contribution is 2.38. The van der Waals surface area contributed by atoms with Crippen LogP contribution >= 0.6 is 0 Å². The molecule has 0 aromatic heterocycles. The second-order valence-electron chi connectivity index (χ2n) is 9.13. The van der Waals surface area contributed by atoms with E-state index in [1.165, 1.54) is 22.3 Å². The Kier molecular flexibility index (Phi) is 6.44. The molecule has 0 amide bonds. The Hall–Kier alpha value is -2.50. The molecule has 1 saturated carbocycles. The summed E-state index contributed by atoms with van der Waals surface area (Å²) in [6.45, 7) is 14.0. The Bertz CT molecular complexity index is 931. The van der Waals surface area contributed by atoms with E-state index in [1.807, 2.05) is 20.8 Å². The van der Waals surface area contributed by atoms with E-state index < -0.39 is 0 Å². The Morgan fingerprint density at radius 3 is 2.67 bits per heavy atom. The Balaban J connectivity index is 1.84. The first-order valence-corrected chi connectivity index (χ1v) is 10.7. The average Bonchev–Trinajstić information content (AvgIpc) is 3.40. The zero-order chi connectivity index (χ0) is 22.1. The molecule has 3 rings (SSSR count). The van der Waals surface area contributed by atoms with Gasteiger partial charge in [0.1, 0.15) is 13.4 Å². The van der Waals surface area contributed by atoms with Gasteiger partial charge < -0.3 is 15.8 Å². The predicted octanol–water partition coefficient (Wildman–Crippen LogP) is 4.55. The van der Waals surface area contributed by atoms with Crippen molar-refractivity contribution in [2.75, 3.05) is 0 Å². The maximum atomic E-state index is 6.37. The molecule has 5 nitrogen and oxygen atoms in total. The van der Waals surface area contributed by atoms with Gasteiger partial charge in [0.05, 0.1) is 6.04 Å². The molecule has 2 radical (unpaired) electrons. The summed E-state index contributed by atoms with van der Waals surface area (Å²) in [6, 6.07) is 4.52. The topological polar surface area (TPSA) is 72.0 Å². The van der Waals surface area contributed by atoms with Crippen molar-refractivity contribution in [1.82, 2.24) is 5.32 Å². The van der Waals surface area contributed by atoms with E-state index in [0.29, 0.717) is 11.5 Å². The van der Waals surface area contributed by atoms with Crippen LogP contribution in [0.4, 0.5) is 0 Å². The van der Waals surface area contributed by atoms with Crippen molar-refractivity contribution < 1.29 is 4.74 Å². The van der Waals surface area contributed by atoms with Crippen LogP contribution < -0.4 is 11.1 Å². The van der Waals surface area contributed by atoms with Crippen molar-refractivity contribution in [3.63, 3.8) is 0 Å². The molecule has 1 unspecified atom stereocenters. The number of aryl methyl sites for hydroxylation is 1. The standard InChI is InChI=1S/C24H33BN4O/c1-7-8-19-17-12-9-14(2)18(21(17)22(25)28-19)13-20(16-10-11-16)29-23(26)27-15(3)30-24(4,5)6/h9,12,19H,3,7-8,10-11,13H2,1-2,4-6H3,(H3,26,27,29). The first-order valence-electron chi connectivity index (χ1n) is 10.7. The van der Waals surface area contributed by atoms with Gasteiger partial charge in [-0.2, -0.15) is 4.99 Å². The predicted molar refractivity (Wildman–Crippen MR) is 126 cm³/mol. The number of allylic oxidation sites excluding steroid dienone is 2. The van der Waals surface area contributed by atoms with Crippen LogP contribution in [0.25, 0.3) is 0 Å². The first kappa shape index (κ1) is 22.2. The Morgan fingerprint density at radius 2 is 2.07 bits per heavy atom. The number of hydrogen-bond acceptors (Lipinski definition) is 3. The molecular formula is C24H33BN4O. The summed E-state index contributed by atoms with van der Waals surface area (Å²) in [7, 11) is 6.37. The first-order chi connectivity index (χ1) is 14.1. The number of nitrogens with two attached hydrogens (primary N) is 1. The van der Waals surface area contributed by atoms with E-state index in [1.54, 1.807) is 0 Å². The molecule has 0 saturated heterocycles. The molecule has 1 aromatic carbocycles. The number of nitrogens with one attached hydrogen (secondary N) is 1. The van der Waals surface area contributed by atoms with Crippen LogP contribution in [0.3, 0.4) is 0 Å². The van der Waals surface area contributed by atoms with Crippen molar-refractivity contribution in [1.29, 1.82) is 0 Å². The second-order valence-corrected chi connectivity index (χ2v) is 9.13. The highest BCUT2D eigenvalue weighted by molar-refractivity contribution is 6.65. The molecule has 1 heterocycles. The third kappa shape index (κ3) is 5.35. The summed E-state index contributed by atoms with van der Waals surface area (Å²) in [5.74, 6) is 0.581. The summed E-state index contributed by atoms with van der Waals surface area (Å²) in [5, 5.41) is 3.30. The number of hydrogen-bond donors (Lipinski definition) is 2. The van der Waals surface area contributed by atoms with Crippen LogP contribution in [0.15, 0.2) is 45.8 Å². The van der Waals surface area contributed by atoms with Gasteiger partial charge in [0, 0.05) is 12.1 Å². The molecule has 3 N–H and O–H groups in total. The Labute approximate surface area is 182 Å². The molecular weight excluding hydrogens is 371 g/mol. The maximum absolute atomic E-state index is 6.37. The van der Waals surface area contributed by atoms with Gasteiger partial charge in [-0.05, 0) is 87.0 Å². The zero-order valence-corrected chi connectivity index (χ0v) is 18.9. The van der Waals surface area contributed by atoms with Crippen LogP contribution in [-0.2, 0) is 11.2 Å². The molecule has 1 fully saturated rings. The van der Waals surface area contributed by atoms with Crippen molar-refractivity contribution in [3.8, 4) is 0 Å². The quantitative estimate of drug-likeness (QED) is 0.303. The fraction of sp³-hybridized carbons (Fsp3) is 0.500. The molecule has 0 spiro atoms. The molecule has 1 aromatic rings. The fourth-order valence-corrected chi connectivity index (χ4v) is 3.87. The van der Waals surface area contributed by atoms with E-state index in [2.05, 4.69) is 42.9 Å². The molecule has 6 heteroatoms. The van der Waals surface area contributed by atoms with E-state index in [9.17, 15) is 0 Å². The molecule has 30 heavy (non-hydrogen) atoms. The number of fused-ring (bicyclic) bond motifs is 1. The fourth-order valence-electron chi connectivity index (χ4n) is 3.87. The maximum Gasteiger partial charge on any atom is 0.209 e. The Morgan fingerprint density at radius 1 is 1.37 bits per heavy atom. The lowest BCUT2D eigenvalue weighted by Crippen LogP contribution is -2.32. The summed E-state index contributed by atoms with van der Waals surface area (Å²) in [5.41, 5.74) is 13.7. The number of rotatable bonds is 7. The average molecular weight is 404 g/mol. The molecule has 1 aliphatic carbocycles. The van der Waals surface area contributed by atoms with Crippen LogP contribution in [-0.4, -0.2) is 25.0 Å². The van der Waals surface area contributed by atoms with Crippen LogP contribution in [0, 0.1) is 6.92 Å². The summed E-state index contributed by atoms with van der Waals surface area (Å²) in [4.78, 5) is 9.02. The van der Waals surface area contributed by atoms with Crippen LogP contribution in [0.1, 0.15) is 81.7 Å². The van der Waals surface area contributed by atoms with Crippen molar-refractivity contribution in [2.24, 2.45) is 15.7 Å². The largest absolute Gasteiger partial charge is 0.472 e. The monoisotopic (exact) mass is 404 g/mol. The minimum Gasteiger partial charge on any atom is -0.472 e. The smallest absolute Gasteiger partial charge is 0.209 e. The number of ether oxygens (including phenoxy) is 1. The van der Waals surface area contributed by atoms with Gasteiger partial charge >= 0.3 is 0 Å². The van der Waals surface area contributed by atoms with Gasteiger partial charge in [-0.25, -0.2) is 0 Å². The summed E-state index contributed by atoms with van der Waals surface area (Å²) in [6.07, 6.45) is 4.96. The van der Waals surface area contributed by atoms with E-state index in [4.69, 9.17) is 23.3 Å². The molecule has 1 aliphatic heterocycles. The van der Waals surface area contributed by atoms with E-state index in [-0.39, 0.29) is 17.6 Å². The van der Waals surface area contributed by atoms with Gasteiger partial charge in [-0.15, -0.1) is 0 Å². The highest BCUT2D eigenvalue weighted by Gasteiger charge is 2.27. The third-order valence-electron chi connectivity index (χ3n) is 5.28. The van der Waals surface area contributed by atoms with Gasteiger partial charge in [0.15, 0.2) is 0 Å². The van der Waals surface area contributed by atoms with Crippen LogP contribution in [0.5, 0.6) is 0 Å². The van der Waals surface area contributed by atoms with E-state index in [0.717, 1.165) is 43.4 Å². The van der Waals surface area contributed by atoms with Crippen molar-refractivity contribution in [2.45, 2.75) is 78.4 Å². The normalized spacial score (nSPS) is 18.0. The van der Waals surface area contributed by atoms with Gasteiger partial charge in [-0.3, -0.25) is 4.99 Å². The lowest BCUT2D eigenvalue weighted by molar-refractivity contribution is 0.0521. The summed E-state index contributed by atoms with van der Waals surface area (Å²) >= 11 is 0. The molecule has 0 bridgehead atoms.